The van der Waals surface area contributed by atoms with Crippen molar-refractivity contribution < 1.29 is 22.6 Å². The van der Waals surface area contributed by atoms with Gasteiger partial charge in [-0.1, -0.05) is 12.2 Å². The highest BCUT2D eigenvalue weighted by atomic mass is 19.4. The largest absolute Gasteiger partial charge is 0.573 e. The number of halogens is 3. The van der Waals surface area contributed by atoms with Gasteiger partial charge < -0.3 is 14.8 Å². The number of hydrogen-bond acceptors (Lipinski definition) is 7. The van der Waals surface area contributed by atoms with E-state index in [0.29, 0.717) is 48.3 Å². The van der Waals surface area contributed by atoms with Crippen LogP contribution in [0.25, 0.3) is 11.3 Å². The molecule has 7 nitrogen and oxygen atoms in total. The summed E-state index contributed by atoms with van der Waals surface area (Å²) in [5.41, 5.74) is 2.38. The van der Waals surface area contributed by atoms with Crippen molar-refractivity contribution in [2.45, 2.75) is 19.3 Å². The van der Waals surface area contributed by atoms with Crippen LogP contribution in [-0.2, 0) is 6.54 Å². The number of ether oxygens (including phenoxy) is 2. The van der Waals surface area contributed by atoms with Crippen LogP contribution in [0.4, 0.5) is 24.8 Å². The van der Waals surface area contributed by atoms with Crippen LogP contribution in [0.2, 0.25) is 0 Å². The van der Waals surface area contributed by atoms with Gasteiger partial charge in [-0.25, -0.2) is 15.0 Å². The second-order valence-corrected chi connectivity index (χ2v) is 7.45. The SMILES string of the molecule is CN1CC=CCCOc2cc(ccn2)-c2ccnc(n2)Nc2ccc(OC(F)(F)F)c(c2)C1. The summed E-state index contributed by atoms with van der Waals surface area (Å²) in [4.78, 5) is 14.9. The molecule has 33 heavy (non-hydrogen) atoms. The summed E-state index contributed by atoms with van der Waals surface area (Å²) in [5, 5.41) is 3.06. The van der Waals surface area contributed by atoms with Crippen LogP contribution in [-0.4, -0.2) is 46.4 Å². The number of aromatic nitrogens is 3. The van der Waals surface area contributed by atoms with Crippen LogP contribution in [0.15, 0.2) is 60.9 Å². The van der Waals surface area contributed by atoms with Crippen LogP contribution in [0.5, 0.6) is 11.6 Å². The number of hydrogen-bond donors (Lipinski definition) is 1. The van der Waals surface area contributed by atoms with Gasteiger partial charge in [0.15, 0.2) is 0 Å². The lowest BCUT2D eigenvalue weighted by Crippen LogP contribution is -2.21. The van der Waals surface area contributed by atoms with Crippen LogP contribution in [0, 0.1) is 0 Å². The molecule has 172 valence electrons. The first-order chi connectivity index (χ1) is 15.9. The standard InChI is InChI=1S/C23H22F3N5O2/c1-31-11-3-2-4-12-32-21-14-16(7-9-27-21)19-8-10-28-22(30-19)29-18-5-6-20(17(13-18)15-31)33-23(24,25)26/h2-3,5-10,13-14H,4,11-12,15H2,1H3,(H,28,29,30). The molecule has 0 fully saturated rings. The van der Waals surface area contributed by atoms with E-state index >= 15 is 0 Å². The second-order valence-electron chi connectivity index (χ2n) is 7.45. The van der Waals surface area contributed by atoms with Gasteiger partial charge in [0, 0.05) is 48.4 Å². The maximum Gasteiger partial charge on any atom is 0.573 e. The summed E-state index contributed by atoms with van der Waals surface area (Å²) in [6.45, 7) is 1.23. The fraction of sp³-hybridized carbons (Fsp3) is 0.261. The van der Waals surface area contributed by atoms with Crippen LogP contribution in [0.3, 0.4) is 0 Å². The van der Waals surface area contributed by atoms with E-state index in [-0.39, 0.29) is 12.3 Å². The van der Waals surface area contributed by atoms with Gasteiger partial charge in [-0.3, -0.25) is 4.90 Å². The zero-order chi connectivity index (χ0) is 23.3. The normalized spacial score (nSPS) is 15.0. The number of nitrogens with zero attached hydrogens (tertiary/aromatic N) is 4. The van der Waals surface area contributed by atoms with Crippen molar-refractivity contribution in [3.05, 3.63) is 66.5 Å². The molecule has 4 rings (SSSR count). The number of alkyl halides is 3. The molecule has 0 aliphatic carbocycles. The highest BCUT2D eigenvalue weighted by molar-refractivity contribution is 5.63. The molecule has 1 aliphatic heterocycles. The molecule has 1 aromatic carbocycles. The quantitative estimate of drug-likeness (QED) is 0.519. The van der Waals surface area contributed by atoms with Gasteiger partial charge in [0.2, 0.25) is 11.8 Å². The number of anilines is 2. The summed E-state index contributed by atoms with van der Waals surface area (Å²) in [6, 6.07) is 9.77. The van der Waals surface area contributed by atoms with E-state index in [1.54, 1.807) is 30.6 Å². The van der Waals surface area contributed by atoms with Crippen molar-refractivity contribution in [2.75, 3.05) is 25.5 Å². The Morgan fingerprint density at radius 1 is 1.06 bits per heavy atom. The van der Waals surface area contributed by atoms with Crippen molar-refractivity contribution in [2.24, 2.45) is 0 Å². The summed E-state index contributed by atoms with van der Waals surface area (Å²) in [5.74, 6) is 0.558. The lowest BCUT2D eigenvalue weighted by Gasteiger charge is -2.19. The minimum atomic E-state index is -4.78. The van der Waals surface area contributed by atoms with E-state index in [2.05, 4.69) is 25.0 Å². The summed E-state index contributed by atoms with van der Waals surface area (Å²) >= 11 is 0. The fourth-order valence-corrected chi connectivity index (χ4v) is 3.32. The molecule has 0 atom stereocenters. The molecule has 3 heterocycles. The molecule has 0 radical (unpaired) electrons. The number of benzene rings is 1. The molecular formula is C23H22F3N5O2. The molecule has 0 amide bonds. The van der Waals surface area contributed by atoms with Gasteiger partial charge in [0.05, 0.1) is 12.3 Å². The first-order valence-electron chi connectivity index (χ1n) is 10.3. The number of pyridine rings is 1. The van der Waals surface area contributed by atoms with Crippen LogP contribution in [0.1, 0.15) is 12.0 Å². The van der Waals surface area contributed by atoms with E-state index < -0.39 is 6.36 Å². The predicted molar refractivity (Wildman–Crippen MR) is 117 cm³/mol. The van der Waals surface area contributed by atoms with Gasteiger partial charge in [0.25, 0.3) is 0 Å². The fourth-order valence-electron chi connectivity index (χ4n) is 3.32. The van der Waals surface area contributed by atoms with E-state index in [1.807, 2.05) is 30.2 Å². The summed E-state index contributed by atoms with van der Waals surface area (Å²) in [6.07, 6.45) is 3.04. The van der Waals surface area contributed by atoms with Crippen molar-refractivity contribution >= 4 is 11.6 Å². The molecule has 2 aromatic heterocycles. The van der Waals surface area contributed by atoms with Crippen molar-refractivity contribution in [1.82, 2.24) is 19.9 Å². The van der Waals surface area contributed by atoms with E-state index in [0.717, 1.165) is 5.56 Å². The van der Waals surface area contributed by atoms with Crippen LogP contribution >= 0.6 is 0 Å². The lowest BCUT2D eigenvalue weighted by molar-refractivity contribution is -0.275. The maximum atomic E-state index is 12.9. The third kappa shape index (κ3) is 6.42. The molecule has 0 saturated carbocycles. The van der Waals surface area contributed by atoms with Gasteiger partial charge in [-0.2, -0.15) is 0 Å². The molecule has 1 aliphatic rings. The molecule has 10 heteroatoms. The Balaban J connectivity index is 1.70. The van der Waals surface area contributed by atoms with Crippen LogP contribution < -0.4 is 14.8 Å². The third-order valence-corrected chi connectivity index (χ3v) is 4.79. The van der Waals surface area contributed by atoms with E-state index in [1.165, 1.54) is 12.1 Å². The number of nitrogens with one attached hydrogen (secondary N) is 1. The Labute approximate surface area is 188 Å². The van der Waals surface area contributed by atoms with Gasteiger partial charge in [0.1, 0.15) is 5.75 Å². The van der Waals surface area contributed by atoms with Crippen molar-refractivity contribution in [1.29, 1.82) is 0 Å². The Bertz CT molecular complexity index is 1140. The minimum absolute atomic E-state index is 0.245. The van der Waals surface area contributed by atoms with Crippen molar-refractivity contribution in [3.63, 3.8) is 0 Å². The smallest absolute Gasteiger partial charge is 0.477 e. The zero-order valence-electron chi connectivity index (χ0n) is 17.8. The first-order valence-corrected chi connectivity index (χ1v) is 10.3. The Morgan fingerprint density at radius 2 is 1.91 bits per heavy atom. The molecular weight excluding hydrogens is 435 g/mol. The Hall–Kier alpha value is -3.66. The van der Waals surface area contributed by atoms with Gasteiger partial charge in [-0.15, -0.1) is 13.2 Å². The monoisotopic (exact) mass is 457 g/mol. The molecule has 6 bridgehead atoms. The second kappa shape index (κ2) is 9.86. The van der Waals surface area contributed by atoms with E-state index in [4.69, 9.17) is 4.74 Å². The van der Waals surface area contributed by atoms with Gasteiger partial charge in [-0.05, 0) is 43.8 Å². The Kier molecular flexibility index (Phi) is 6.74. The minimum Gasteiger partial charge on any atom is -0.477 e. The van der Waals surface area contributed by atoms with Gasteiger partial charge >= 0.3 is 6.36 Å². The molecule has 3 aromatic rings. The highest BCUT2D eigenvalue weighted by Crippen LogP contribution is 2.30. The number of likely N-dealkylation sites (N-methyl/N-ethyl adjacent to an activating group) is 1. The summed E-state index contributed by atoms with van der Waals surface area (Å²) < 4.78 is 48.7. The molecule has 0 spiro atoms. The maximum absolute atomic E-state index is 12.9. The predicted octanol–water partition coefficient (Wildman–Crippen LogP) is 4.95. The lowest BCUT2D eigenvalue weighted by atomic mass is 10.1. The number of rotatable bonds is 1. The molecule has 0 unspecified atom stereocenters. The van der Waals surface area contributed by atoms with E-state index in [9.17, 15) is 13.2 Å². The first kappa shape index (κ1) is 22.5. The Morgan fingerprint density at radius 3 is 2.76 bits per heavy atom. The zero-order valence-corrected chi connectivity index (χ0v) is 17.8. The highest BCUT2D eigenvalue weighted by Gasteiger charge is 2.32. The third-order valence-electron chi connectivity index (χ3n) is 4.79. The van der Waals surface area contributed by atoms with Crippen molar-refractivity contribution in [3.8, 4) is 22.9 Å². The molecule has 0 saturated heterocycles. The number of fused-ring (bicyclic) bond motifs is 7. The average molecular weight is 457 g/mol. The average Bonchev–Trinajstić information content (AvgIpc) is 2.77. The summed E-state index contributed by atoms with van der Waals surface area (Å²) in [7, 11) is 1.82. The molecule has 1 N–H and O–H groups in total. The topological polar surface area (TPSA) is 72.4 Å².